The second-order valence-electron chi connectivity index (χ2n) is 5.19. The first-order valence-electron chi connectivity index (χ1n) is 7.64. The lowest BCUT2D eigenvalue weighted by Gasteiger charge is -2.35. The molecule has 21 heavy (non-hydrogen) atoms. The number of nitrogens with one attached hydrogen (secondary N) is 1. The summed E-state index contributed by atoms with van der Waals surface area (Å²) in [6, 6.07) is -0.578. The molecular weight excluding hydrogens is 274 g/mol. The molecular formula is C14H27N3O4. The maximum Gasteiger partial charge on any atom is 0.317 e. The van der Waals surface area contributed by atoms with Crippen LogP contribution in [0, 0.1) is 0 Å². The Labute approximate surface area is 126 Å². The van der Waals surface area contributed by atoms with Crippen LogP contribution in [0.15, 0.2) is 0 Å². The first-order chi connectivity index (χ1) is 10.1. The van der Waals surface area contributed by atoms with Gasteiger partial charge in [-0.15, -0.1) is 0 Å². The van der Waals surface area contributed by atoms with Crippen molar-refractivity contribution in [2.45, 2.75) is 32.7 Å². The van der Waals surface area contributed by atoms with E-state index in [4.69, 9.17) is 9.84 Å². The predicted molar refractivity (Wildman–Crippen MR) is 79.4 cm³/mol. The molecule has 1 aliphatic rings. The van der Waals surface area contributed by atoms with Crippen LogP contribution in [0.1, 0.15) is 26.7 Å². The number of hydrogen-bond donors (Lipinski definition) is 2. The number of carbonyl (C=O) groups excluding carboxylic acids is 1. The third-order valence-electron chi connectivity index (χ3n) is 3.59. The number of carboxylic acids is 1. The molecule has 7 nitrogen and oxygen atoms in total. The van der Waals surface area contributed by atoms with Crippen LogP contribution in [0.5, 0.6) is 0 Å². The monoisotopic (exact) mass is 301 g/mol. The normalized spacial score (nSPS) is 18.8. The molecule has 0 aromatic heterocycles. The molecule has 1 rings (SSSR count). The van der Waals surface area contributed by atoms with Crippen LogP contribution < -0.4 is 5.32 Å². The number of rotatable bonds is 8. The number of carboxylic acid groups (broad SMARTS) is 1. The smallest absolute Gasteiger partial charge is 0.317 e. The van der Waals surface area contributed by atoms with Crippen LogP contribution >= 0.6 is 0 Å². The van der Waals surface area contributed by atoms with Gasteiger partial charge in [-0.1, -0.05) is 13.8 Å². The van der Waals surface area contributed by atoms with Gasteiger partial charge in [0.1, 0.15) is 0 Å². The molecule has 122 valence electrons. The number of amides is 2. The molecule has 1 heterocycles. The molecule has 1 aliphatic heterocycles. The third-order valence-corrected chi connectivity index (χ3v) is 3.59. The molecule has 2 N–H and O–H groups in total. The number of aliphatic carboxylic acids is 1. The molecule has 0 radical (unpaired) electrons. The van der Waals surface area contributed by atoms with Gasteiger partial charge in [0.2, 0.25) is 0 Å². The lowest BCUT2D eigenvalue weighted by atomic mass is 10.1. The summed E-state index contributed by atoms with van der Waals surface area (Å²) in [4.78, 5) is 26.8. The van der Waals surface area contributed by atoms with Gasteiger partial charge in [0.15, 0.2) is 0 Å². The average molecular weight is 301 g/mol. The molecule has 0 aliphatic carbocycles. The first kappa shape index (κ1) is 17.7. The van der Waals surface area contributed by atoms with Crippen LogP contribution in [-0.2, 0) is 9.53 Å². The Morgan fingerprint density at radius 2 is 2.14 bits per heavy atom. The number of likely N-dealkylation sites (N-methyl/N-ethyl adjacent to an activating group) is 1. The van der Waals surface area contributed by atoms with Gasteiger partial charge in [-0.3, -0.25) is 4.79 Å². The summed E-state index contributed by atoms with van der Waals surface area (Å²) in [5.74, 6) is -0.914. The Kier molecular flexibility index (Phi) is 8.07. The highest BCUT2D eigenvalue weighted by atomic mass is 16.5. The summed E-state index contributed by atoms with van der Waals surface area (Å²) >= 11 is 0. The quantitative estimate of drug-likeness (QED) is 0.686. The first-order valence-corrected chi connectivity index (χ1v) is 7.64. The van der Waals surface area contributed by atoms with E-state index in [9.17, 15) is 9.59 Å². The van der Waals surface area contributed by atoms with Crippen molar-refractivity contribution < 1.29 is 19.4 Å². The Morgan fingerprint density at radius 3 is 2.76 bits per heavy atom. The maximum absolute atomic E-state index is 12.2. The minimum Gasteiger partial charge on any atom is -0.481 e. The van der Waals surface area contributed by atoms with Crippen molar-refractivity contribution in [3.05, 3.63) is 0 Å². The number of carbonyl (C=O) groups is 2. The number of urea groups is 1. The van der Waals surface area contributed by atoms with Crippen LogP contribution in [0.3, 0.4) is 0 Å². The third kappa shape index (κ3) is 6.31. The minimum absolute atomic E-state index is 0.0790. The standard InChI is InChI=1S/C14H27N3O4/c1-3-6-16(4-2)7-5-15-14(20)17-8-9-21-11-12(17)10-13(18)19/h12H,3-11H2,1-2H3,(H,15,20)(H,18,19). The largest absolute Gasteiger partial charge is 0.481 e. The topological polar surface area (TPSA) is 82.1 Å². The molecule has 1 atom stereocenters. The Morgan fingerprint density at radius 1 is 1.38 bits per heavy atom. The number of ether oxygens (including phenoxy) is 1. The number of morpholine rings is 1. The summed E-state index contributed by atoms with van der Waals surface area (Å²) in [7, 11) is 0. The fourth-order valence-electron chi connectivity index (χ4n) is 2.46. The lowest BCUT2D eigenvalue weighted by Crippen LogP contribution is -2.53. The minimum atomic E-state index is -0.914. The van der Waals surface area contributed by atoms with Gasteiger partial charge in [0.05, 0.1) is 25.7 Å². The molecule has 2 amide bonds. The van der Waals surface area contributed by atoms with Gasteiger partial charge in [-0.2, -0.15) is 0 Å². The second kappa shape index (κ2) is 9.57. The molecule has 0 spiro atoms. The SMILES string of the molecule is CCCN(CC)CCNC(=O)N1CCOCC1CC(=O)O. The highest BCUT2D eigenvalue weighted by Crippen LogP contribution is 2.10. The molecule has 1 unspecified atom stereocenters. The number of hydrogen-bond acceptors (Lipinski definition) is 4. The molecule has 1 fully saturated rings. The lowest BCUT2D eigenvalue weighted by molar-refractivity contribution is -0.139. The van der Waals surface area contributed by atoms with Gasteiger partial charge in [-0.25, -0.2) is 4.79 Å². The molecule has 0 aromatic carbocycles. The van der Waals surface area contributed by atoms with E-state index >= 15 is 0 Å². The summed E-state index contributed by atoms with van der Waals surface area (Å²) in [5.41, 5.74) is 0. The van der Waals surface area contributed by atoms with E-state index in [1.165, 1.54) is 0 Å². The highest BCUT2D eigenvalue weighted by Gasteiger charge is 2.28. The summed E-state index contributed by atoms with van der Waals surface area (Å²) in [5, 5.41) is 11.8. The van der Waals surface area contributed by atoms with E-state index in [1.54, 1.807) is 4.90 Å². The zero-order chi connectivity index (χ0) is 15.7. The van der Waals surface area contributed by atoms with Gasteiger partial charge in [0, 0.05) is 19.6 Å². The zero-order valence-electron chi connectivity index (χ0n) is 13.0. The highest BCUT2D eigenvalue weighted by molar-refractivity contribution is 5.76. The van der Waals surface area contributed by atoms with E-state index in [-0.39, 0.29) is 25.1 Å². The zero-order valence-corrected chi connectivity index (χ0v) is 13.0. The van der Waals surface area contributed by atoms with Crippen molar-refractivity contribution in [3.8, 4) is 0 Å². The van der Waals surface area contributed by atoms with Crippen molar-refractivity contribution >= 4 is 12.0 Å². The van der Waals surface area contributed by atoms with E-state index < -0.39 is 5.97 Å². The Balaban J connectivity index is 2.39. The van der Waals surface area contributed by atoms with Crippen molar-refractivity contribution in [3.63, 3.8) is 0 Å². The van der Waals surface area contributed by atoms with Gasteiger partial charge < -0.3 is 25.0 Å². The van der Waals surface area contributed by atoms with E-state index in [0.29, 0.717) is 19.7 Å². The fourth-order valence-corrected chi connectivity index (χ4v) is 2.46. The van der Waals surface area contributed by atoms with Gasteiger partial charge >= 0.3 is 12.0 Å². The molecule has 0 aromatic rings. The Hall–Kier alpha value is -1.34. The van der Waals surface area contributed by atoms with Crippen LogP contribution in [-0.4, -0.2) is 78.9 Å². The Bertz CT molecular complexity index is 338. The van der Waals surface area contributed by atoms with Gasteiger partial charge in [0.25, 0.3) is 0 Å². The summed E-state index contributed by atoms with van der Waals surface area (Å²) in [6.45, 7) is 8.78. The summed E-state index contributed by atoms with van der Waals surface area (Å²) < 4.78 is 5.26. The van der Waals surface area contributed by atoms with Crippen molar-refractivity contribution in [2.24, 2.45) is 0 Å². The number of nitrogens with zero attached hydrogens (tertiary/aromatic N) is 2. The molecule has 0 bridgehead atoms. The summed E-state index contributed by atoms with van der Waals surface area (Å²) in [6.07, 6.45) is 1.01. The van der Waals surface area contributed by atoms with Crippen LogP contribution in [0.25, 0.3) is 0 Å². The maximum atomic E-state index is 12.2. The average Bonchev–Trinajstić information content (AvgIpc) is 2.46. The molecule has 1 saturated heterocycles. The van der Waals surface area contributed by atoms with Crippen molar-refractivity contribution in [1.29, 1.82) is 0 Å². The van der Waals surface area contributed by atoms with Gasteiger partial charge in [-0.05, 0) is 19.5 Å². The molecule has 0 saturated carbocycles. The van der Waals surface area contributed by atoms with Crippen molar-refractivity contribution in [1.82, 2.24) is 15.1 Å². The second-order valence-corrected chi connectivity index (χ2v) is 5.19. The molecule has 7 heteroatoms. The fraction of sp³-hybridized carbons (Fsp3) is 0.857. The van der Waals surface area contributed by atoms with Crippen molar-refractivity contribution in [2.75, 3.05) is 45.9 Å². The van der Waals surface area contributed by atoms with Crippen LogP contribution in [0.2, 0.25) is 0 Å². The van der Waals surface area contributed by atoms with Crippen LogP contribution in [0.4, 0.5) is 4.79 Å². The predicted octanol–water partition coefficient (Wildman–Crippen LogP) is 0.603. The van der Waals surface area contributed by atoms with E-state index in [2.05, 4.69) is 24.1 Å². The van der Waals surface area contributed by atoms with E-state index in [0.717, 1.165) is 26.1 Å². The van der Waals surface area contributed by atoms with E-state index in [1.807, 2.05) is 0 Å².